The van der Waals surface area contributed by atoms with E-state index < -0.39 is 9.84 Å². The van der Waals surface area contributed by atoms with E-state index in [2.05, 4.69) is 11.8 Å². The summed E-state index contributed by atoms with van der Waals surface area (Å²) < 4.78 is 23.0. The van der Waals surface area contributed by atoms with E-state index in [0.29, 0.717) is 16.9 Å². The van der Waals surface area contributed by atoms with Gasteiger partial charge in [0.05, 0.1) is 18.1 Å². The van der Waals surface area contributed by atoms with Crippen molar-refractivity contribution in [3.8, 4) is 11.8 Å². The molecule has 1 aliphatic rings. The fourth-order valence-corrected chi connectivity index (χ4v) is 4.73. The second-order valence-electron chi connectivity index (χ2n) is 4.64. The molecular weight excluding hydrogens is 296 g/mol. The minimum Gasteiger partial charge on any atom is -0.337 e. The summed E-state index contributed by atoms with van der Waals surface area (Å²) >= 11 is 1.31. The molecule has 0 aromatic carbocycles. The van der Waals surface area contributed by atoms with E-state index >= 15 is 0 Å². The Morgan fingerprint density at radius 2 is 2.35 bits per heavy atom. The van der Waals surface area contributed by atoms with Gasteiger partial charge in [-0.15, -0.1) is 11.3 Å². The third-order valence-corrected chi connectivity index (χ3v) is 5.91. The van der Waals surface area contributed by atoms with Crippen molar-refractivity contribution in [1.82, 2.24) is 4.90 Å². The van der Waals surface area contributed by atoms with Gasteiger partial charge in [0.25, 0.3) is 5.91 Å². The smallest absolute Gasteiger partial charge is 0.265 e. The summed E-state index contributed by atoms with van der Waals surface area (Å²) in [7, 11) is -1.36. The monoisotopic (exact) mass is 312 g/mol. The van der Waals surface area contributed by atoms with Crippen molar-refractivity contribution >= 4 is 27.1 Å². The lowest BCUT2D eigenvalue weighted by molar-refractivity contribution is 0.0752. The van der Waals surface area contributed by atoms with Gasteiger partial charge in [-0.05, 0) is 17.9 Å². The van der Waals surface area contributed by atoms with Crippen LogP contribution in [0.2, 0.25) is 0 Å². The summed E-state index contributed by atoms with van der Waals surface area (Å²) in [5.41, 5.74) is 5.98. The van der Waals surface area contributed by atoms with Gasteiger partial charge in [-0.1, -0.05) is 11.8 Å². The Kier molecular flexibility index (Phi) is 4.48. The average molecular weight is 312 g/mol. The lowest BCUT2D eigenvalue weighted by Crippen LogP contribution is -2.37. The highest BCUT2D eigenvalue weighted by molar-refractivity contribution is 7.91. The van der Waals surface area contributed by atoms with E-state index in [4.69, 9.17) is 5.73 Å². The van der Waals surface area contributed by atoms with Crippen LogP contribution < -0.4 is 5.73 Å². The Labute approximate surface area is 122 Å². The van der Waals surface area contributed by atoms with E-state index in [9.17, 15) is 13.2 Å². The van der Waals surface area contributed by atoms with Gasteiger partial charge >= 0.3 is 0 Å². The summed E-state index contributed by atoms with van der Waals surface area (Å²) in [6.45, 7) is 0.236. The van der Waals surface area contributed by atoms with Crippen LogP contribution >= 0.6 is 11.3 Å². The maximum Gasteiger partial charge on any atom is 0.265 e. The van der Waals surface area contributed by atoms with Gasteiger partial charge in [-0.2, -0.15) is 0 Å². The topological polar surface area (TPSA) is 80.5 Å². The number of nitrogens with two attached hydrogens (primary N) is 1. The summed E-state index contributed by atoms with van der Waals surface area (Å²) in [6, 6.07) is 1.53. The number of hydrogen-bond donors (Lipinski definition) is 1. The molecule has 0 saturated carbocycles. The second kappa shape index (κ2) is 5.95. The molecule has 1 saturated heterocycles. The molecule has 20 heavy (non-hydrogen) atoms. The zero-order chi connectivity index (χ0) is 14.8. The third-order valence-electron chi connectivity index (χ3n) is 3.26. The predicted molar refractivity (Wildman–Crippen MR) is 79.4 cm³/mol. The van der Waals surface area contributed by atoms with Gasteiger partial charge in [0, 0.05) is 18.7 Å². The van der Waals surface area contributed by atoms with Gasteiger partial charge in [0.2, 0.25) is 0 Å². The molecule has 1 aromatic heterocycles. The number of hydrogen-bond acceptors (Lipinski definition) is 5. The zero-order valence-corrected chi connectivity index (χ0v) is 12.8. The van der Waals surface area contributed by atoms with Gasteiger partial charge in [0.1, 0.15) is 4.88 Å². The van der Waals surface area contributed by atoms with E-state index in [1.54, 1.807) is 18.5 Å². The molecule has 0 spiro atoms. The molecule has 1 fully saturated rings. The Balaban J connectivity index is 2.18. The average Bonchev–Trinajstić information content (AvgIpc) is 3.00. The number of rotatable bonds is 2. The van der Waals surface area contributed by atoms with E-state index in [0.717, 1.165) is 0 Å². The first-order chi connectivity index (χ1) is 9.44. The van der Waals surface area contributed by atoms with Crippen LogP contribution in [0.15, 0.2) is 11.4 Å². The highest BCUT2D eigenvalue weighted by Gasteiger charge is 2.33. The molecule has 0 aliphatic carbocycles. The summed E-state index contributed by atoms with van der Waals surface area (Å²) in [4.78, 5) is 14.5. The normalized spacial score (nSPS) is 20.2. The van der Waals surface area contributed by atoms with Crippen LogP contribution in [0.25, 0.3) is 0 Å². The van der Waals surface area contributed by atoms with Crippen LogP contribution in [-0.2, 0) is 9.84 Å². The first-order valence-electron chi connectivity index (χ1n) is 6.18. The number of carbonyl (C=O) groups is 1. The first kappa shape index (κ1) is 15.0. The molecule has 1 amide bonds. The minimum atomic E-state index is -3.00. The molecule has 1 aliphatic heterocycles. The molecule has 1 aromatic rings. The fraction of sp³-hybridized carbons (Fsp3) is 0.462. The minimum absolute atomic E-state index is 0.0461. The number of sulfone groups is 1. The molecule has 2 N–H and O–H groups in total. The van der Waals surface area contributed by atoms with Crippen molar-refractivity contribution in [2.75, 3.05) is 25.1 Å². The summed E-state index contributed by atoms with van der Waals surface area (Å²) in [6.07, 6.45) is 0.500. The van der Waals surface area contributed by atoms with Crippen molar-refractivity contribution in [2.45, 2.75) is 12.5 Å². The first-order valence-corrected chi connectivity index (χ1v) is 8.88. The Hall–Kier alpha value is -1.36. The fourth-order valence-electron chi connectivity index (χ4n) is 2.13. The molecule has 7 heteroatoms. The lowest BCUT2D eigenvalue weighted by atomic mass is 10.2. The summed E-state index contributed by atoms with van der Waals surface area (Å²) in [5.74, 6) is 5.61. The summed E-state index contributed by atoms with van der Waals surface area (Å²) in [5, 5.41) is 1.80. The second-order valence-corrected chi connectivity index (χ2v) is 7.79. The van der Waals surface area contributed by atoms with E-state index in [-0.39, 0.29) is 30.0 Å². The molecular formula is C13H16N2O3S2. The largest absolute Gasteiger partial charge is 0.337 e. The van der Waals surface area contributed by atoms with Gasteiger partial charge in [-0.3, -0.25) is 4.79 Å². The van der Waals surface area contributed by atoms with Crippen LogP contribution in [0.3, 0.4) is 0 Å². The molecule has 0 bridgehead atoms. The molecule has 2 heterocycles. The SMILES string of the molecule is CN(C(=O)c1sccc1C#CCN)C1CCS(=O)(=O)C1. The maximum absolute atomic E-state index is 12.4. The van der Waals surface area contributed by atoms with Gasteiger partial charge in [0.15, 0.2) is 9.84 Å². The van der Waals surface area contributed by atoms with E-state index in [1.165, 1.54) is 16.2 Å². The van der Waals surface area contributed by atoms with Crippen molar-refractivity contribution < 1.29 is 13.2 Å². The zero-order valence-electron chi connectivity index (χ0n) is 11.1. The van der Waals surface area contributed by atoms with Crippen LogP contribution in [0.5, 0.6) is 0 Å². The molecule has 2 rings (SSSR count). The standard InChI is InChI=1S/C13H16N2O3S2/c1-15(11-5-8-20(17,18)9-11)13(16)12-10(3-2-6-14)4-7-19-12/h4,7,11H,5-6,8-9,14H2,1H3. The molecule has 0 radical (unpaired) electrons. The predicted octanol–water partition coefficient (Wildman–Crippen LogP) is 0.317. The van der Waals surface area contributed by atoms with Crippen LogP contribution in [-0.4, -0.2) is 50.4 Å². The number of thiophene rings is 1. The maximum atomic E-state index is 12.4. The van der Waals surface area contributed by atoms with Crippen molar-refractivity contribution in [2.24, 2.45) is 5.73 Å². The van der Waals surface area contributed by atoms with Crippen molar-refractivity contribution in [3.05, 3.63) is 21.9 Å². The van der Waals surface area contributed by atoms with Crippen LogP contribution in [0, 0.1) is 11.8 Å². The van der Waals surface area contributed by atoms with E-state index in [1.807, 2.05) is 0 Å². The molecule has 5 nitrogen and oxygen atoms in total. The van der Waals surface area contributed by atoms with Crippen molar-refractivity contribution in [3.63, 3.8) is 0 Å². The van der Waals surface area contributed by atoms with Crippen molar-refractivity contribution in [1.29, 1.82) is 0 Å². The van der Waals surface area contributed by atoms with Gasteiger partial charge in [-0.25, -0.2) is 8.42 Å². The highest BCUT2D eigenvalue weighted by Crippen LogP contribution is 2.22. The molecule has 1 unspecified atom stereocenters. The number of amides is 1. The highest BCUT2D eigenvalue weighted by atomic mass is 32.2. The number of carbonyl (C=O) groups excluding carboxylic acids is 1. The third kappa shape index (κ3) is 3.20. The number of nitrogens with zero attached hydrogens (tertiary/aromatic N) is 1. The Morgan fingerprint density at radius 1 is 1.60 bits per heavy atom. The van der Waals surface area contributed by atoms with Crippen LogP contribution in [0.4, 0.5) is 0 Å². The van der Waals surface area contributed by atoms with Crippen LogP contribution in [0.1, 0.15) is 21.7 Å². The Morgan fingerprint density at radius 3 is 2.95 bits per heavy atom. The molecule has 1 atom stereocenters. The lowest BCUT2D eigenvalue weighted by Gasteiger charge is -2.22. The molecule has 108 valence electrons. The van der Waals surface area contributed by atoms with Gasteiger partial charge < -0.3 is 10.6 Å². The quantitative estimate of drug-likeness (QED) is 0.797. The Bertz CT molecular complexity index is 667.